The van der Waals surface area contributed by atoms with Crippen molar-refractivity contribution in [3.05, 3.63) is 0 Å². The molecule has 3 heteroatoms. The second kappa shape index (κ2) is 1.50. The Labute approximate surface area is 42.1 Å². The SMILES string of the molecule is NN(C=O)C1CC1. The number of amides is 1. The standard InChI is InChI=1S/C4H8N2O/c5-6(3-7)4-1-2-4/h3-4H,1-2,5H2. The van der Waals surface area contributed by atoms with Gasteiger partial charge in [0.2, 0.25) is 6.41 Å². The van der Waals surface area contributed by atoms with Gasteiger partial charge in [0.15, 0.2) is 0 Å². The van der Waals surface area contributed by atoms with Crippen LogP contribution in [0.25, 0.3) is 0 Å². The molecule has 0 heterocycles. The maximum atomic E-state index is 9.79. The van der Waals surface area contributed by atoms with Gasteiger partial charge in [0.25, 0.3) is 0 Å². The molecule has 0 aromatic rings. The maximum Gasteiger partial charge on any atom is 0.223 e. The van der Waals surface area contributed by atoms with Crippen LogP contribution in [0.4, 0.5) is 0 Å². The summed E-state index contributed by atoms with van der Waals surface area (Å²) in [5, 5.41) is 1.22. The molecule has 0 aromatic carbocycles. The van der Waals surface area contributed by atoms with Crippen LogP contribution in [-0.4, -0.2) is 17.5 Å². The van der Waals surface area contributed by atoms with Gasteiger partial charge in [-0.25, -0.2) is 5.84 Å². The Morgan fingerprint density at radius 3 is 2.43 bits per heavy atom. The summed E-state index contributed by atoms with van der Waals surface area (Å²) in [5.41, 5.74) is 0. The van der Waals surface area contributed by atoms with E-state index in [1.54, 1.807) is 0 Å². The van der Waals surface area contributed by atoms with E-state index < -0.39 is 0 Å². The minimum Gasteiger partial charge on any atom is -0.280 e. The number of rotatable bonds is 2. The molecule has 40 valence electrons. The molecule has 1 fully saturated rings. The largest absolute Gasteiger partial charge is 0.280 e. The van der Waals surface area contributed by atoms with Gasteiger partial charge in [-0.3, -0.25) is 9.80 Å². The number of carbonyl (C=O) groups is 1. The fraction of sp³-hybridized carbons (Fsp3) is 0.750. The van der Waals surface area contributed by atoms with E-state index in [9.17, 15) is 4.79 Å². The van der Waals surface area contributed by atoms with Crippen molar-refractivity contribution in [1.29, 1.82) is 0 Å². The number of nitrogens with two attached hydrogens (primary N) is 1. The monoisotopic (exact) mass is 100 g/mol. The highest BCUT2D eigenvalue weighted by Crippen LogP contribution is 2.22. The Morgan fingerprint density at radius 2 is 2.29 bits per heavy atom. The normalized spacial score (nSPS) is 19.0. The molecule has 0 bridgehead atoms. The van der Waals surface area contributed by atoms with E-state index in [1.807, 2.05) is 0 Å². The second-order valence-corrected chi connectivity index (χ2v) is 1.78. The number of hydrazine groups is 1. The molecule has 1 saturated carbocycles. The molecule has 0 aliphatic heterocycles. The Hall–Kier alpha value is -0.570. The Balaban J connectivity index is 2.22. The van der Waals surface area contributed by atoms with Gasteiger partial charge >= 0.3 is 0 Å². The molecular weight excluding hydrogens is 92.1 g/mol. The summed E-state index contributed by atoms with van der Waals surface area (Å²) >= 11 is 0. The first-order chi connectivity index (χ1) is 3.34. The highest BCUT2D eigenvalue weighted by molar-refractivity contribution is 5.47. The lowest BCUT2D eigenvalue weighted by Gasteiger charge is -2.04. The first-order valence-corrected chi connectivity index (χ1v) is 2.33. The molecule has 3 nitrogen and oxygen atoms in total. The number of hydrogen-bond donors (Lipinski definition) is 1. The Bertz CT molecular complexity index is 79.8. The topological polar surface area (TPSA) is 46.3 Å². The van der Waals surface area contributed by atoms with E-state index in [0.717, 1.165) is 12.8 Å². The fourth-order valence-corrected chi connectivity index (χ4v) is 0.459. The summed E-state index contributed by atoms with van der Waals surface area (Å²) in [6.45, 7) is 0. The number of hydrogen-bond acceptors (Lipinski definition) is 2. The summed E-state index contributed by atoms with van der Waals surface area (Å²) in [7, 11) is 0. The van der Waals surface area contributed by atoms with Crippen molar-refractivity contribution < 1.29 is 4.79 Å². The number of carbonyl (C=O) groups excluding carboxylic acids is 1. The van der Waals surface area contributed by atoms with Crippen molar-refractivity contribution in [2.24, 2.45) is 5.84 Å². The Morgan fingerprint density at radius 1 is 1.71 bits per heavy atom. The van der Waals surface area contributed by atoms with Gasteiger partial charge in [-0.1, -0.05) is 0 Å². The quantitative estimate of drug-likeness (QED) is 0.220. The molecule has 0 atom stereocenters. The summed E-state index contributed by atoms with van der Waals surface area (Å²) in [6.07, 6.45) is 2.82. The van der Waals surface area contributed by atoms with Gasteiger partial charge in [-0.05, 0) is 12.8 Å². The molecule has 0 unspecified atom stereocenters. The van der Waals surface area contributed by atoms with Crippen molar-refractivity contribution in [2.45, 2.75) is 18.9 Å². The molecule has 0 spiro atoms. The first-order valence-electron chi connectivity index (χ1n) is 2.33. The molecule has 0 saturated heterocycles. The molecule has 1 rings (SSSR count). The van der Waals surface area contributed by atoms with Crippen LogP contribution in [0.2, 0.25) is 0 Å². The third-order valence-corrected chi connectivity index (χ3v) is 1.09. The van der Waals surface area contributed by atoms with Crippen molar-refractivity contribution in [3.8, 4) is 0 Å². The van der Waals surface area contributed by atoms with Crippen molar-refractivity contribution in [3.63, 3.8) is 0 Å². The van der Waals surface area contributed by atoms with Crippen LogP contribution < -0.4 is 5.84 Å². The summed E-state index contributed by atoms with van der Waals surface area (Å²) in [4.78, 5) is 9.79. The van der Waals surface area contributed by atoms with Crippen LogP contribution in [0.1, 0.15) is 12.8 Å². The molecule has 1 amide bonds. The molecule has 1 aliphatic rings. The zero-order valence-corrected chi connectivity index (χ0v) is 4.00. The Kier molecular flexibility index (Phi) is 0.982. The predicted octanol–water partition coefficient (Wildman–Crippen LogP) is -0.519. The lowest BCUT2D eigenvalue weighted by molar-refractivity contribution is -0.118. The van der Waals surface area contributed by atoms with Gasteiger partial charge < -0.3 is 0 Å². The molecule has 1 aliphatic carbocycles. The van der Waals surface area contributed by atoms with E-state index in [0.29, 0.717) is 12.5 Å². The highest BCUT2D eigenvalue weighted by Gasteiger charge is 2.25. The van der Waals surface area contributed by atoms with Gasteiger partial charge in [-0.2, -0.15) is 0 Å². The van der Waals surface area contributed by atoms with Gasteiger partial charge in [0, 0.05) is 6.04 Å². The van der Waals surface area contributed by atoms with Crippen molar-refractivity contribution in [1.82, 2.24) is 5.01 Å². The minimum atomic E-state index is 0.359. The van der Waals surface area contributed by atoms with Crippen LogP contribution in [0.3, 0.4) is 0 Å². The maximum absolute atomic E-state index is 9.79. The molecular formula is C4H8N2O. The molecule has 0 aromatic heterocycles. The van der Waals surface area contributed by atoms with E-state index in [2.05, 4.69) is 0 Å². The number of nitrogens with zero attached hydrogens (tertiary/aromatic N) is 1. The van der Waals surface area contributed by atoms with E-state index in [-0.39, 0.29) is 0 Å². The van der Waals surface area contributed by atoms with Crippen molar-refractivity contribution >= 4 is 6.41 Å². The third kappa shape index (κ3) is 0.899. The second-order valence-electron chi connectivity index (χ2n) is 1.78. The van der Waals surface area contributed by atoms with Crippen LogP contribution in [0.15, 0.2) is 0 Å². The van der Waals surface area contributed by atoms with Gasteiger partial charge in [0.05, 0.1) is 0 Å². The van der Waals surface area contributed by atoms with E-state index in [1.165, 1.54) is 5.01 Å². The van der Waals surface area contributed by atoms with Crippen molar-refractivity contribution in [2.75, 3.05) is 0 Å². The lowest BCUT2D eigenvalue weighted by atomic mass is 10.7. The fourth-order valence-electron chi connectivity index (χ4n) is 0.459. The average Bonchev–Trinajstić information content (AvgIpc) is 2.44. The molecule has 2 N–H and O–H groups in total. The summed E-state index contributed by atoms with van der Waals surface area (Å²) in [5.74, 6) is 5.14. The van der Waals surface area contributed by atoms with Crippen LogP contribution in [-0.2, 0) is 4.79 Å². The summed E-state index contributed by atoms with van der Waals surface area (Å²) in [6, 6.07) is 0.359. The van der Waals surface area contributed by atoms with Crippen LogP contribution in [0, 0.1) is 0 Å². The first kappa shape index (κ1) is 4.59. The van der Waals surface area contributed by atoms with Crippen LogP contribution in [0.5, 0.6) is 0 Å². The minimum absolute atomic E-state index is 0.359. The predicted molar refractivity (Wildman–Crippen MR) is 25.1 cm³/mol. The van der Waals surface area contributed by atoms with E-state index in [4.69, 9.17) is 5.84 Å². The summed E-state index contributed by atoms with van der Waals surface area (Å²) < 4.78 is 0. The zero-order valence-electron chi connectivity index (χ0n) is 4.00. The highest BCUT2D eigenvalue weighted by atomic mass is 16.1. The van der Waals surface area contributed by atoms with E-state index >= 15 is 0 Å². The third-order valence-electron chi connectivity index (χ3n) is 1.09. The van der Waals surface area contributed by atoms with Crippen LogP contribution >= 0.6 is 0 Å². The lowest BCUT2D eigenvalue weighted by Crippen LogP contribution is -2.31. The molecule has 0 radical (unpaired) electrons. The van der Waals surface area contributed by atoms with Gasteiger partial charge in [-0.15, -0.1) is 0 Å². The smallest absolute Gasteiger partial charge is 0.223 e. The van der Waals surface area contributed by atoms with Gasteiger partial charge in [0.1, 0.15) is 0 Å². The zero-order chi connectivity index (χ0) is 5.28. The molecule has 7 heavy (non-hydrogen) atoms. The average molecular weight is 100 g/mol.